The molecule has 3 aromatic rings. The van der Waals surface area contributed by atoms with Crippen LogP contribution in [0.1, 0.15) is 75.8 Å². The Bertz CT molecular complexity index is 1350. The van der Waals surface area contributed by atoms with Crippen LogP contribution in [0.25, 0.3) is 0 Å². The summed E-state index contributed by atoms with van der Waals surface area (Å²) in [5.74, 6) is 0.727. The maximum atomic E-state index is 12.9. The van der Waals surface area contributed by atoms with Crippen molar-refractivity contribution in [3.05, 3.63) is 83.1 Å². The third kappa shape index (κ3) is 8.60. The van der Waals surface area contributed by atoms with E-state index in [1.165, 1.54) is 6.20 Å². The van der Waals surface area contributed by atoms with Gasteiger partial charge in [0.2, 0.25) is 0 Å². The van der Waals surface area contributed by atoms with Gasteiger partial charge in [-0.3, -0.25) is 9.52 Å². The molecule has 1 aliphatic heterocycles. The summed E-state index contributed by atoms with van der Waals surface area (Å²) in [4.78, 5) is 36.0. The van der Waals surface area contributed by atoms with Crippen LogP contribution >= 0.6 is 23.5 Å². The maximum absolute atomic E-state index is 12.9. The number of amides is 2. The molecule has 10 heteroatoms. The largest absolute Gasteiger partial charge is 0.444 e. The van der Waals surface area contributed by atoms with E-state index in [4.69, 9.17) is 21.3 Å². The predicted molar refractivity (Wildman–Crippen MR) is 164 cm³/mol. The highest BCUT2D eigenvalue weighted by Crippen LogP contribution is 2.38. The van der Waals surface area contributed by atoms with Crippen molar-refractivity contribution in [2.45, 2.75) is 76.1 Å². The Balaban J connectivity index is 1.41. The number of carbonyl (C=O) groups excluding carboxylic acids is 2. The van der Waals surface area contributed by atoms with Gasteiger partial charge in [0.05, 0.1) is 11.6 Å². The summed E-state index contributed by atoms with van der Waals surface area (Å²) < 4.78 is 8.47. The normalized spacial score (nSPS) is 17.1. The van der Waals surface area contributed by atoms with Crippen LogP contribution in [0.15, 0.2) is 71.9 Å². The molecule has 0 bridgehead atoms. The first kappa shape index (κ1) is 30.7. The fourth-order valence-electron chi connectivity index (χ4n) is 5.07. The first-order valence-electron chi connectivity index (χ1n) is 13.8. The molecule has 2 amide bonds. The van der Waals surface area contributed by atoms with Crippen LogP contribution < -0.4 is 10.0 Å². The van der Waals surface area contributed by atoms with Gasteiger partial charge in [-0.05, 0) is 89.6 Å². The summed E-state index contributed by atoms with van der Waals surface area (Å²) in [5.41, 5.74) is 0.677. The highest BCUT2D eigenvalue weighted by Gasteiger charge is 2.42. The lowest BCUT2D eigenvalue weighted by atomic mass is 9.90. The molecule has 0 spiro atoms. The summed E-state index contributed by atoms with van der Waals surface area (Å²) in [7, 11) is 0. The number of ether oxygens (including phenoxy) is 1. The molecule has 2 aromatic heterocycles. The number of benzene rings is 1. The van der Waals surface area contributed by atoms with Gasteiger partial charge in [0.25, 0.3) is 5.91 Å². The first-order chi connectivity index (χ1) is 19.4. The molecular formula is C31H38ClN5O3S. The second-order valence-corrected chi connectivity index (χ2v) is 13.1. The highest BCUT2D eigenvalue weighted by atomic mass is 35.5. The summed E-state index contributed by atoms with van der Waals surface area (Å²) in [6.45, 7) is 10.6. The lowest BCUT2D eigenvalue weighted by Crippen LogP contribution is -2.45. The van der Waals surface area contributed by atoms with Gasteiger partial charge in [-0.1, -0.05) is 48.0 Å². The van der Waals surface area contributed by atoms with Crippen LogP contribution in [-0.4, -0.2) is 44.6 Å². The molecule has 0 saturated carbocycles. The van der Waals surface area contributed by atoms with Crippen LogP contribution in [0.2, 0.25) is 5.15 Å². The number of nitrogens with one attached hydrogen (secondary N) is 2. The molecule has 41 heavy (non-hydrogen) atoms. The van der Waals surface area contributed by atoms with Crippen molar-refractivity contribution in [1.29, 1.82) is 0 Å². The molecule has 2 N–H and O–H groups in total. The monoisotopic (exact) mass is 595 g/mol. The fourth-order valence-corrected chi connectivity index (χ4v) is 5.87. The second-order valence-electron chi connectivity index (χ2n) is 11.9. The number of hydrogen-bond donors (Lipinski definition) is 2. The Hall–Kier alpha value is -3.30. The van der Waals surface area contributed by atoms with Crippen LogP contribution in [-0.2, 0) is 4.74 Å². The second kappa shape index (κ2) is 13.1. The van der Waals surface area contributed by atoms with Crippen molar-refractivity contribution in [2.24, 2.45) is 5.92 Å². The number of carbonyl (C=O) groups is 2. The molecule has 1 fully saturated rings. The van der Waals surface area contributed by atoms with Crippen molar-refractivity contribution >= 4 is 41.4 Å². The zero-order chi connectivity index (χ0) is 29.6. The van der Waals surface area contributed by atoms with Crippen molar-refractivity contribution in [3.8, 4) is 0 Å². The predicted octanol–water partition coefficient (Wildman–Crippen LogP) is 7.54. The van der Waals surface area contributed by atoms with E-state index in [0.717, 1.165) is 36.8 Å². The summed E-state index contributed by atoms with van der Waals surface area (Å²) >= 11 is 7.17. The number of likely N-dealkylation sites (tertiary alicyclic amines) is 1. The molecule has 4 rings (SSSR count). The average Bonchev–Trinajstić information content (AvgIpc) is 3.24. The number of rotatable bonds is 9. The minimum atomic E-state index is -0.526. The topological polar surface area (TPSA) is 96.5 Å². The molecule has 2 atom stereocenters. The Labute approximate surface area is 251 Å². The minimum Gasteiger partial charge on any atom is -0.444 e. The van der Waals surface area contributed by atoms with Gasteiger partial charge in [-0.25, -0.2) is 14.8 Å². The van der Waals surface area contributed by atoms with Gasteiger partial charge in [0.1, 0.15) is 21.6 Å². The van der Waals surface area contributed by atoms with Crippen molar-refractivity contribution in [2.75, 3.05) is 11.9 Å². The molecule has 2 unspecified atom stereocenters. The molecule has 1 aromatic carbocycles. The van der Waals surface area contributed by atoms with Crippen LogP contribution in [0.4, 0.5) is 10.6 Å². The number of aromatic nitrogens is 2. The quantitative estimate of drug-likeness (QED) is 0.195. The molecule has 1 aliphatic rings. The lowest BCUT2D eigenvalue weighted by Gasteiger charge is -2.33. The third-order valence-corrected chi connectivity index (χ3v) is 7.96. The summed E-state index contributed by atoms with van der Waals surface area (Å²) in [6.07, 6.45) is 4.00. The van der Waals surface area contributed by atoms with Crippen LogP contribution in [0, 0.1) is 5.92 Å². The lowest BCUT2D eigenvalue weighted by molar-refractivity contribution is 0.0130. The zero-order valence-corrected chi connectivity index (χ0v) is 25.8. The van der Waals surface area contributed by atoms with Crippen molar-refractivity contribution < 1.29 is 14.3 Å². The summed E-state index contributed by atoms with van der Waals surface area (Å²) in [5, 5.41) is 4.39. The molecule has 0 aliphatic carbocycles. The van der Waals surface area contributed by atoms with E-state index in [-0.39, 0.29) is 28.7 Å². The Morgan fingerprint density at radius 2 is 1.88 bits per heavy atom. The standard InChI is InChI=1S/C31H38ClN5O3S/c1-30(2,3)40-29(39)37-20-21(19-31(37,4)5)16-17-24(22-11-7-6-8-12-22)34-25-14-9-15-26(35-25)41-36-28(38)23-13-10-18-33-27(23)32/h6-15,18,21,24H,16-17,19-20H2,1-5H3,(H,34,35)(H,36,38). The van der Waals surface area contributed by atoms with E-state index >= 15 is 0 Å². The van der Waals surface area contributed by atoms with E-state index in [9.17, 15) is 9.59 Å². The Morgan fingerprint density at radius 3 is 2.59 bits per heavy atom. The number of anilines is 1. The third-order valence-electron chi connectivity index (χ3n) is 6.94. The van der Waals surface area contributed by atoms with Crippen LogP contribution in [0.5, 0.6) is 0 Å². The fraction of sp³-hybridized carbons (Fsp3) is 0.419. The molecule has 218 valence electrons. The van der Waals surface area contributed by atoms with E-state index in [1.807, 2.05) is 62.1 Å². The number of halogens is 1. The Morgan fingerprint density at radius 1 is 1.12 bits per heavy atom. The van der Waals surface area contributed by atoms with Crippen LogP contribution in [0.3, 0.4) is 0 Å². The molecular weight excluding hydrogens is 558 g/mol. The number of hydrogen-bond acceptors (Lipinski definition) is 7. The van der Waals surface area contributed by atoms with Gasteiger partial charge >= 0.3 is 6.09 Å². The molecule has 3 heterocycles. The minimum absolute atomic E-state index is 0.0198. The van der Waals surface area contributed by atoms with Crippen molar-refractivity contribution in [1.82, 2.24) is 19.6 Å². The van der Waals surface area contributed by atoms with Gasteiger partial charge < -0.3 is 15.0 Å². The zero-order valence-electron chi connectivity index (χ0n) is 24.2. The van der Waals surface area contributed by atoms with Gasteiger partial charge in [-0.15, -0.1) is 0 Å². The van der Waals surface area contributed by atoms with Gasteiger partial charge in [0, 0.05) is 30.2 Å². The summed E-state index contributed by atoms with van der Waals surface area (Å²) in [6, 6.07) is 19.3. The van der Waals surface area contributed by atoms with E-state index < -0.39 is 5.60 Å². The number of nitrogens with zero attached hydrogens (tertiary/aromatic N) is 3. The first-order valence-corrected chi connectivity index (χ1v) is 15.0. The Kier molecular flexibility index (Phi) is 9.81. The van der Waals surface area contributed by atoms with E-state index in [2.05, 4.69) is 41.0 Å². The van der Waals surface area contributed by atoms with Gasteiger partial charge in [-0.2, -0.15) is 0 Å². The maximum Gasteiger partial charge on any atom is 0.410 e. The molecule has 1 saturated heterocycles. The number of pyridine rings is 2. The van der Waals surface area contributed by atoms with Gasteiger partial charge in [0.15, 0.2) is 0 Å². The smallest absolute Gasteiger partial charge is 0.410 e. The van der Waals surface area contributed by atoms with E-state index in [0.29, 0.717) is 28.9 Å². The SMILES string of the molecule is CC(C)(C)OC(=O)N1CC(CCC(Nc2cccc(SNC(=O)c3cccnc3Cl)n2)c2ccccc2)CC1(C)C. The van der Waals surface area contributed by atoms with Crippen molar-refractivity contribution in [3.63, 3.8) is 0 Å². The average molecular weight is 596 g/mol. The highest BCUT2D eigenvalue weighted by molar-refractivity contribution is 7.97. The molecule has 8 nitrogen and oxygen atoms in total. The molecule has 0 radical (unpaired) electrons. The van der Waals surface area contributed by atoms with E-state index in [1.54, 1.807) is 12.1 Å².